The van der Waals surface area contributed by atoms with E-state index in [0.717, 1.165) is 24.0 Å². The normalized spacial score (nSPS) is 18.3. The van der Waals surface area contributed by atoms with Crippen molar-refractivity contribution in [3.8, 4) is 0 Å². The molecule has 0 atom stereocenters. The molecule has 2 heterocycles. The van der Waals surface area contributed by atoms with Gasteiger partial charge in [0.2, 0.25) is 0 Å². The van der Waals surface area contributed by atoms with Gasteiger partial charge in [0.1, 0.15) is 0 Å². The predicted molar refractivity (Wildman–Crippen MR) is 78.0 cm³/mol. The Balaban J connectivity index is 1.51. The molecule has 0 bridgehead atoms. The van der Waals surface area contributed by atoms with E-state index in [9.17, 15) is 0 Å². The molecule has 102 valence electrons. The average molecular weight is 267 g/mol. The van der Waals surface area contributed by atoms with Gasteiger partial charge in [-0.25, -0.2) is 4.98 Å². The highest BCUT2D eigenvalue weighted by Crippen LogP contribution is 2.15. The second-order valence-corrected chi connectivity index (χ2v) is 6.72. The number of aryl methyl sites for hydroxylation is 1. The molecule has 0 aromatic carbocycles. The third kappa shape index (κ3) is 4.67. The van der Waals surface area contributed by atoms with Gasteiger partial charge >= 0.3 is 0 Å². The molecule has 0 unspecified atom stereocenters. The zero-order valence-corrected chi connectivity index (χ0v) is 12.4. The number of likely N-dealkylation sites (tertiary alicyclic amines) is 1. The van der Waals surface area contributed by atoms with Crippen LogP contribution in [0, 0.1) is 12.8 Å². The first-order valence-corrected chi connectivity index (χ1v) is 7.90. The minimum Gasteiger partial charge on any atom is -0.312 e. The van der Waals surface area contributed by atoms with E-state index >= 15 is 0 Å². The van der Waals surface area contributed by atoms with Gasteiger partial charge in [-0.1, -0.05) is 6.92 Å². The molecule has 0 amide bonds. The molecule has 1 fully saturated rings. The van der Waals surface area contributed by atoms with Gasteiger partial charge in [0.15, 0.2) is 0 Å². The predicted octanol–water partition coefficient (Wildman–Crippen LogP) is 2.66. The van der Waals surface area contributed by atoms with Crippen LogP contribution in [-0.4, -0.2) is 36.1 Å². The molecule has 1 aliphatic heterocycles. The molecule has 18 heavy (non-hydrogen) atoms. The summed E-state index contributed by atoms with van der Waals surface area (Å²) in [5, 5.41) is 4.67. The fourth-order valence-electron chi connectivity index (χ4n) is 2.41. The fourth-order valence-corrected chi connectivity index (χ4v) is 3.18. The van der Waals surface area contributed by atoms with Crippen LogP contribution in [0.15, 0.2) is 6.20 Å². The second kappa shape index (κ2) is 7.22. The van der Waals surface area contributed by atoms with Gasteiger partial charge in [-0.05, 0) is 58.3 Å². The summed E-state index contributed by atoms with van der Waals surface area (Å²) in [5.41, 5.74) is 0. The summed E-state index contributed by atoms with van der Waals surface area (Å²) in [4.78, 5) is 8.22. The second-order valence-electron chi connectivity index (χ2n) is 5.40. The topological polar surface area (TPSA) is 28.2 Å². The number of piperidine rings is 1. The van der Waals surface area contributed by atoms with Crippen LogP contribution < -0.4 is 5.32 Å². The highest BCUT2D eigenvalue weighted by molar-refractivity contribution is 7.11. The molecule has 1 aromatic heterocycles. The highest BCUT2D eigenvalue weighted by Gasteiger charge is 2.14. The Bertz CT molecular complexity index is 343. The molecular formula is C14H25N3S. The molecule has 1 aliphatic rings. The van der Waals surface area contributed by atoms with Crippen LogP contribution >= 0.6 is 11.3 Å². The van der Waals surface area contributed by atoms with E-state index in [1.54, 1.807) is 11.3 Å². The molecule has 1 N–H and O–H groups in total. The summed E-state index contributed by atoms with van der Waals surface area (Å²) < 4.78 is 0. The van der Waals surface area contributed by atoms with Crippen molar-refractivity contribution >= 4 is 11.3 Å². The van der Waals surface area contributed by atoms with Crippen molar-refractivity contribution in [2.24, 2.45) is 5.92 Å². The molecule has 0 aliphatic carbocycles. The number of aromatic nitrogens is 1. The summed E-state index contributed by atoms with van der Waals surface area (Å²) in [6.07, 6.45) is 6.01. The number of thiazole rings is 1. The fraction of sp³-hybridized carbons (Fsp3) is 0.786. The van der Waals surface area contributed by atoms with E-state index < -0.39 is 0 Å². The number of hydrogen-bond donors (Lipinski definition) is 1. The smallest absolute Gasteiger partial charge is 0.0897 e. The first kappa shape index (κ1) is 14.0. The minimum atomic E-state index is 0.939. The zero-order chi connectivity index (χ0) is 12.8. The van der Waals surface area contributed by atoms with Crippen molar-refractivity contribution in [2.75, 3.05) is 26.2 Å². The lowest BCUT2D eigenvalue weighted by Gasteiger charge is -2.30. The molecule has 3 nitrogen and oxygen atoms in total. The van der Waals surface area contributed by atoms with E-state index in [1.807, 2.05) is 6.20 Å². The van der Waals surface area contributed by atoms with Crippen LogP contribution in [0.1, 0.15) is 36.1 Å². The van der Waals surface area contributed by atoms with Crippen LogP contribution in [0.3, 0.4) is 0 Å². The summed E-state index contributed by atoms with van der Waals surface area (Å²) in [5.74, 6) is 0.939. The maximum Gasteiger partial charge on any atom is 0.0897 e. The maximum atomic E-state index is 4.27. The van der Waals surface area contributed by atoms with Gasteiger partial charge in [0, 0.05) is 17.6 Å². The Morgan fingerprint density at radius 3 is 2.89 bits per heavy atom. The monoisotopic (exact) mass is 267 g/mol. The number of rotatable bonds is 6. The summed E-state index contributed by atoms with van der Waals surface area (Å²) >= 11 is 1.79. The van der Waals surface area contributed by atoms with E-state index in [4.69, 9.17) is 0 Å². The summed E-state index contributed by atoms with van der Waals surface area (Å²) in [7, 11) is 0. The highest BCUT2D eigenvalue weighted by atomic mass is 32.1. The third-order valence-corrected chi connectivity index (χ3v) is 4.59. The largest absolute Gasteiger partial charge is 0.312 e. The quantitative estimate of drug-likeness (QED) is 0.803. The van der Waals surface area contributed by atoms with Gasteiger partial charge in [-0.15, -0.1) is 11.3 Å². The van der Waals surface area contributed by atoms with Crippen molar-refractivity contribution in [1.29, 1.82) is 0 Å². The minimum absolute atomic E-state index is 0.939. The lowest BCUT2D eigenvalue weighted by molar-refractivity contribution is 0.190. The van der Waals surface area contributed by atoms with Crippen molar-refractivity contribution in [3.05, 3.63) is 16.1 Å². The SMILES string of the molecule is Cc1ncc(CNCCCN2CCC(C)CC2)s1. The van der Waals surface area contributed by atoms with Crippen molar-refractivity contribution in [2.45, 2.75) is 39.7 Å². The van der Waals surface area contributed by atoms with Crippen molar-refractivity contribution in [3.63, 3.8) is 0 Å². The Hall–Kier alpha value is -0.450. The lowest BCUT2D eigenvalue weighted by Crippen LogP contribution is -2.34. The Kier molecular flexibility index (Phi) is 5.60. The van der Waals surface area contributed by atoms with Gasteiger partial charge in [0.05, 0.1) is 5.01 Å². The molecule has 4 heteroatoms. The first-order chi connectivity index (χ1) is 8.74. The molecule has 2 rings (SSSR count). The summed E-state index contributed by atoms with van der Waals surface area (Å²) in [6.45, 7) is 10.4. The van der Waals surface area contributed by atoms with Gasteiger partial charge in [0.25, 0.3) is 0 Å². The molecule has 0 radical (unpaired) electrons. The molecule has 0 spiro atoms. The van der Waals surface area contributed by atoms with Gasteiger partial charge in [-0.2, -0.15) is 0 Å². The number of nitrogens with zero attached hydrogens (tertiary/aromatic N) is 2. The van der Waals surface area contributed by atoms with Crippen LogP contribution in [0.25, 0.3) is 0 Å². The van der Waals surface area contributed by atoms with Crippen molar-refractivity contribution < 1.29 is 0 Å². The van der Waals surface area contributed by atoms with Gasteiger partial charge < -0.3 is 10.2 Å². The van der Waals surface area contributed by atoms with Crippen molar-refractivity contribution in [1.82, 2.24) is 15.2 Å². The van der Waals surface area contributed by atoms with E-state index in [-0.39, 0.29) is 0 Å². The number of nitrogens with one attached hydrogen (secondary N) is 1. The molecule has 0 saturated carbocycles. The van der Waals surface area contributed by atoms with Crippen LogP contribution in [-0.2, 0) is 6.54 Å². The summed E-state index contributed by atoms with van der Waals surface area (Å²) in [6, 6.07) is 0. The molecular weight excluding hydrogens is 242 g/mol. The maximum absolute atomic E-state index is 4.27. The van der Waals surface area contributed by atoms with Crippen LogP contribution in [0.4, 0.5) is 0 Å². The third-order valence-electron chi connectivity index (χ3n) is 3.67. The van der Waals surface area contributed by atoms with Gasteiger partial charge in [-0.3, -0.25) is 0 Å². The lowest BCUT2D eigenvalue weighted by atomic mass is 9.99. The van der Waals surface area contributed by atoms with E-state index in [0.29, 0.717) is 0 Å². The standard InChI is InChI=1S/C14H25N3S/c1-12-4-8-17(9-5-12)7-3-6-15-10-14-11-16-13(2)18-14/h11-12,15H,3-10H2,1-2H3. The Labute approximate surface area is 115 Å². The van der Waals surface area contributed by atoms with Crippen LogP contribution in [0.5, 0.6) is 0 Å². The van der Waals surface area contributed by atoms with E-state index in [2.05, 4.69) is 29.0 Å². The number of hydrogen-bond acceptors (Lipinski definition) is 4. The first-order valence-electron chi connectivity index (χ1n) is 7.08. The Morgan fingerprint density at radius 2 is 2.22 bits per heavy atom. The Morgan fingerprint density at radius 1 is 1.44 bits per heavy atom. The van der Waals surface area contributed by atoms with E-state index in [1.165, 1.54) is 43.8 Å². The van der Waals surface area contributed by atoms with Crippen LogP contribution in [0.2, 0.25) is 0 Å². The zero-order valence-electron chi connectivity index (χ0n) is 11.6. The average Bonchev–Trinajstić information content (AvgIpc) is 2.77. The molecule has 1 saturated heterocycles. The molecule has 1 aromatic rings.